The van der Waals surface area contributed by atoms with E-state index < -0.39 is 15.8 Å². The van der Waals surface area contributed by atoms with Gasteiger partial charge in [-0.15, -0.1) is 12.4 Å². The summed E-state index contributed by atoms with van der Waals surface area (Å²) in [5, 5.41) is 3.38. The first-order chi connectivity index (χ1) is 11.6. The molecule has 0 atom stereocenters. The Bertz CT molecular complexity index is 636. The van der Waals surface area contributed by atoms with E-state index in [1.165, 1.54) is 37.1 Å². The predicted molar refractivity (Wildman–Crippen MR) is 99.1 cm³/mol. The number of sulfonamides is 1. The topological polar surface area (TPSA) is 52.7 Å². The van der Waals surface area contributed by atoms with E-state index in [2.05, 4.69) is 10.2 Å². The molecule has 0 bridgehead atoms. The fraction of sp³-hybridized carbons (Fsp3) is 0.647. The van der Waals surface area contributed by atoms with Gasteiger partial charge in [-0.3, -0.25) is 0 Å². The molecule has 2 saturated heterocycles. The Labute approximate surface area is 156 Å². The zero-order valence-corrected chi connectivity index (χ0v) is 16.0. The summed E-state index contributed by atoms with van der Waals surface area (Å²) in [6, 6.07) is 5.10. The van der Waals surface area contributed by atoms with Crippen molar-refractivity contribution in [3.63, 3.8) is 0 Å². The maximum Gasteiger partial charge on any atom is 0.243 e. The number of nitrogens with one attached hydrogen (secondary N) is 1. The summed E-state index contributed by atoms with van der Waals surface area (Å²) < 4.78 is 40.0. The molecule has 1 aromatic rings. The molecule has 5 nitrogen and oxygen atoms in total. The Morgan fingerprint density at radius 2 is 1.72 bits per heavy atom. The molecule has 2 aliphatic heterocycles. The molecule has 0 saturated carbocycles. The summed E-state index contributed by atoms with van der Waals surface area (Å²) in [4.78, 5) is 2.58. The average molecular weight is 392 g/mol. The van der Waals surface area contributed by atoms with Gasteiger partial charge in [-0.2, -0.15) is 4.31 Å². The van der Waals surface area contributed by atoms with Gasteiger partial charge in [0.1, 0.15) is 5.82 Å². The van der Waals surface area contributed by atoms with E-state index >= 15 is 0 Å². The number of nitrogens with zero attached hydrogens (tertiary/aromatic N) is 2. The van der Waals surface area contributed by atoms with E-state index in [1.54, 1.807) is 4.31 Å². The van der Waals surface area contributed by atoms with Gasteiger partial charge in [0.2, 0.25) is 10.0 Å². The van der Waals surface area contributed by atoms with Crippen LogP contribution in [-0.4, -0.2) is 63.4 Å². The van der Waals surface area contributed by atoms with E-state index in [-0.39, 0.29) is 17.3 Å². The number of hydrogen-bond donors (Lipinski definition) is 1. The molecule has 1 N–H and O–H groups in total. The van der Waals surface area contributed by atoms with Crippen LogP contribution in [0, 0.1) is 11.7 Å². The summed E-state index contributed by atoms with van der Waals surface area (Å²) in [5.74, 6) is 0.296. The smallest absolute Gasteiger partial charge is 0.243 e. The minimum atomic E-state index is -3.53. The summed E-state index contributed by atoms with van der Waals surface area (Å²) in [5.41, 5.74) is 0. The van der Waals surface area contributed by atoms with Crippen molar-refractivity contribution in [2.45, 2.75) is 24.2 Å². The number of hydrogen-bond acceptors (Lipinski definition) is 4. The highest BCUT2D eigenvalue weighted by Crippen LogP contribution is 2.20. The van der Waals surface area contributed by atoms with Crippen LogP contribution in [0.4, 0.5) is 4.39 Å². The molecule has 8 heteroatoms. The first kappa shape index (κ1) is 20.6. The zero-order valence-electron chi connectivity index (χ0n) is 14.4. The normalized spacial score (nSPS) is 21.5. The standard InChI is InChI=1S/C17H26FN3O2S.ClH/c18-16-2-4-17(5-3-16)24(22,23)21-11-1-10-20(12-13-21)14-15-6-8-19-9-7-15;/h2-5,15,19H,1,6-14H2;1H. The lowest BCUT2D eigenvalue weighted by Crippen LogP contribution is -2.39. The molecule has 142 valence electrons. The highest BCUT2D eigenvalue weighted by molar-refractivity contribution is 7.89. The third-order valence-electron chi connectivity index (χ3n) is 4.97. The first-order valence-electron chi connectivity index (χ1n) is 8.74. The minimum Gasteiger partial charge on any atom is -0.317 e. The monoisotopic (exact) mass is 391 g/mol. The molecule has 0 radical (unpaired) electrons. The van der Waals surface area contributed by atoms with Crippen molar-refractivity contribution in [3.8, 4) is 0 Å². The lowest BCUT2D eigenvalue weighted by molar-refractivity contribution is 0.213. The van der Waals surface area contributed by atoms with Gasteiger partial charge < -0.3 is 10.2 Å². The number of rotatable bonds is 4. The summed E-state index contributed by atoms with van der Waals surface area (Å²) in [7, 11) is -3.53. The fourth-order valence-electron chi connectivity index (χ4n) is 3.56. The van der Waals surface area contributed by atoms with Crippen molar-refractivity contribution < 1.29 is 12.8 Å². The third-order valence-corrected chi connectivity index (χ3v) is 6.89. The van der Waals surface area contributed by atoms with Gasteiger partial charge in [-0.25, -0.2) is 12.8 Å². The molecule has 1 aromatic carbocycles. The van der Waals surface area contributed by atoms with Crippen LogP contribution in [0.2, 0.25) is 0 Å². The Hall–Kier alpha value is -0.730. The second-order valence-corrected chi connectivity index (χ2v) is 8.64. The molecule has 0 aromatic heterocycles. The average Bonchev–Trinajstić information content (AvgIpc) is 2.82. The number of benzene rings is 1. The van der Waals surface area contributed by atoms with Gasteiger partial charge in [0.15, 0.2) is 0 Å². The van der Waals surface area contributed by atoms with Crippen molar-refractivity contribution in [2.75, 3.05) is 45.8 Å². The van der Waals surface area contributed by atoms with Crippen molar-refractivity contribution in [1.29, 1.82) is 0 Å². The van der Waals surface area contributed by atoms with Crippen molar-refractivity contribution in [1.82, 2.24) is 14.5 Å². The fourth-order valence-corrected chi connectivity index (χ4v) is 5.02. The number of piperidine rings is 1. The summed E-state index contributed by atoms with van der Waals surface area (Å²) in [6.45, 7) is 5.98. The quantitative estimate of drug-likeness (QED) is 0.852. The van der Waals surface area contributed by atoms with Crippen LogP contribution < -0.4 is 5.32 Å². The van der Waals surface area contributed by atoms with E-state index in [0.29, 0.717) is 19.0 Å². The van der Waals surface area contributed by atoms with Gasteiger partial charge in [0.05, 0.1) is 4.90 Å². The molecule has 0 amide bonds. The second kappa shape index (κ2) is 9.28. The molecule has 2 fully saturated rings. The van der Waals surface area contributed by atoms with Crippen molar-refractivity contribution >= 4 is 22.4 Å². The Morgan fingerprint density at radius 3 is 2.40 bits per heavy atom. The van der Waals surface area contributed by atoms with Gasteiger partial charge in [0, 0.05) is 26.2 Å². The Kier molecular flexibility index (Phi) is 7.64. The van der Waals surface area contributed by atoms with Crippen molar-refractivity contribution in [3.05, 3.63) is 30.1 Å². The van der Waals surface area contributed by atoms with Crippen molar-refractivity contribution in [2.24, 2.45) is 5.92 Å². The zero-order chi connectivity index (χ0) is 17.0. The van der Waals surface area contributed by atoms with Crippen LogP contribution in [0.15, 0.2) is 29.2 Å². The maximum atomic E-state index is 13.0. The summed E-state index contributed by atoms with van der Waals surface area (Å²) in [6.07, 6.45) is 3.24. The highest BCUT2D eigenvalue weighted by atomic mass is 35.5. The molecule has 25 heavy (non-hydrogen) atoms. The predicted octanol–water partition coefficient (Wildman–Crippen LogP) is 1.94. The first-order valence-corrected chi connectivity index (χ1v) is 10.2. The molecule has 0 aliphatic carbocycles. The molecule has 0 spiro atoms. The minimum absolute atomic E-state index is 0. The highest BCUT2D eigenvalue weighted by Gasteiger charge is 2.27. The van der Waals surface area contributed by atoms with Crippen LogP contribution in [0.1, 0.15) is 19.3 Å². The molecule has 3 rings (SSSR count). The van der Waals surface area contributed by atoms with E-state index in [9.17, 15) is 12.8 Å². The van der Waals surface area contributed by atoms with Gasteiger partial charge in [-0.05, 0) is 69.1 Å². The van der Waals surface area contributed by atoms with E-state index in [0.717, 1.165) is 39.1 Å². The lowest BCUT2D eigenvalue weighted by Gasteiger charge is -2.29. The van der Waals surface area contributed by atoms with Crippen LogP contribution in [0.5, 0.6) is 0 Å². The molecule has 2 heterocycles. The summed E-state index contributed by atoms with van der Waals surface area (Å²) >= 11 is 0. The maximum absolute atomic E-state index is 13.0. The third kappa shape index (κ3) is 5.37. The molecule has 2 aliphatic rings. The second-order valence-electron chi connectivity index (χ2n) is 6.71. The van der Waals surface area contributed by atoms with Gasteiger partial charge >= 0.3 is 0 Å². The number of halogens is 2. The van der Waals surface area contributed by atoms with E-state index in [4.69, 9.17) is 0 Å². The van der Waals surface area contributed by atoms with Crippen LogP contribution in [-0.2, 0) is 10.0 Å². The van der Waals surface area contributed by atoms with Crippen LogP contribution in [0.3, 0.4) is 0 Å². The lowest BCUT2D eigenvalue weighted by atomic mass is 9.97. The van der Waals surface area contributed by atoms with Gasteiger partial charge in [-0.1, -0.05) is 0 Å². The molecule has 0 unspecified atom stereocenters. The van der Waals surface area contributed by atoms with Crippen LogP contribution >= 0.6 is 12.4 Å². The van der Waals surface area contributed by atoms with Crippen LogP contribution in [0.25, 0.3) is 0 Å². The SMILES string of the molecule is Cl.O=S(=O)(c1ccc(F)cc1)N1CCCN(CC2CCNCC2)CC1. The largest absolute Gasteiger partial charge is 0.317 e. The van der Waals surface area contributed by atoms with Gasteiger partial charge in [0.25, 0.3) is 0 Å². The van der Waals surface area contributed by atoms with E-state index in [1.807, 2.05) is 0 Å². The molecular weight excluding hydrogens is 365 g/mol. The Balaban J connectivity index is 0.00000225. The molecular formula is C17H27ClFN3O2S. The Morgan fingerprint density at radius 1 is 1.04 bits per heavy atom.